The van der Waals surface area contributed by atoms with Crippen LogP contribution in [0.5, 0.6) is 5.75 Å². The summed E-state index contributed by atoms with van der Waals surface area (Å²) in [4.78, 5) is 33.5. The molecule has 8 heteroatoms. The van der Waals surface area contributed by atoms with Crippen molar-refractivity contribution in [1.29, 1.82) is 0 Å². The van der Waals surface area contributed by atoms with Crippen molar-refractivity contribution in [1.82, 2.24) is 9.55 Å². The Hall–Kier alpha value is -3.65. The monoisotopic (exact) mass is 460 g/mol. The lowest BCUT2D eigenvalue weighted by atomic mass is 10.2. The summed E-state index contributed by atoms with van der Waals surface area (Å²) in [7, 11) is 1.63. The number of thiophene rings is 1. The molecule has 2 aromatic heterocycles. The summed E-state index contributed by atoms with van der Waals surface area (Å²) in [5.41, 5.74) is 3.19. The minimum Gasteiger partial charge on any atom is -0.497 e. The maximum absolute atomic E-state index is 13.1. The van der Waals surface area contributed by atoms with Crippen molar-refractivity contribution < 1.29 is 9.53 Å². The third-order valence-corrected chi connectivity index (χ3v) is 6.98. The number of carbonyl (C=O) groups is 1. The van der Waals surface area contributed by atoms with Crippen LogP contribution in [0.4, 0.5) is 11.4 Å². The highest BCUT2D eigenvalue weighted by atomic mass is 32.1. The number of aromatic nitrogens is 2. The molecule has 0 spiro atoms. The molecule has 5 rings (SSSR count). The molecule has 0 radical (unpaired) electrons. The number of hydrogen-bond acceptors (Lipinski definition) is 6. The number of benzene rings is 2. The lowest BCUT2D eigenvalue weighted by molar-refractivity contribution is -0.116. The van der Waals surface area contributed by atoms with Gasteiger partial charge in [-0.2, -0.15) is 0 Å². The quantitative estimate of drug-likeness (QED) is 0.462. The molecule has 4 aromatic rings. The molecule has 1 saturated heterocycles. The zero-order valence-electron chi connectivity index (χ0n) is 18.3. The first-order valence-corrected chi connectivity index (χ1v) is 11.7. The number of para-hydroxylation sites is 2. The van der Waals surface area contributed by atoms with E-state index in [-0.39, 0.29) is 18.0 Å². The number of nitrogens with zero attached hydrogens (tertiary/aromatic N) is 3. The van der Waals surface area contributed by atoms with Crippen LogP contribution in [0.25, 0.3) is 20.7 Å². The summed E-state index contributed by atoms with van der Waals surface area (Å²) in [6, 6.07) is 17.4. The van der Waals surface area contributed by atoms with Crippen molar-refractivity contribution in [3.8, 4) is 16.2 Å². The maximum Gasteiger partial charge on any atom is 0.271 e. The van der Waals surface area contributed by atoms with Crippen LogP contribution in [-0.4, -0.2) is 35.7 Å². The standard InChI is InChI=1S/C25H24N4O3S/c1-32-18-10-8-17(9-11-18)22-14-20-24(33-22)25(31)29(16-26-20)15-23(30)27-19-6-2-3-7-21(19)28-12-4-5-13-28/h2-3,6-11,14,16H,4-5,12-13,15H2,1H3,(H,27,30). The molecule has 1 fully saturated rings. The fraction of sp³-hybridized carbons (Fsp3) is 0.240. The van der Waals surface area contributed by atoms with Gasteiger partial charge in [0.2, 0.25) is 5.91 Å². The SMILES string of the molecule is COc1ccc(-c2cc3ncn(CC(=O)Nc4ccccc4N4CCCC4)c(=O)c3s2)cc1. The van der Waals surface area contributed by atoms with Crippen LogP contribution in [0.1, 0.15) is 12.8 Å². The van der Waals surface area contributed by atoms with E-state index in [1.165, 1.54) is 22.2 Å². The van der Waals surface area contributed by atoms with Crippen molar-refractivity contribution in [2.75, 3.05) is 30.4 Å². The Balaban J connectivity index is 1.36. The van der Waals surface area contributed by atoms with Crippen LogP contribution in [0.3, 0.4) is 0 Å². The number of ether oxygens (including phenoxy) is 1. The van der Waals surface area contributed by atoms with Crippen molar-refractivity contribution in [3.05, 3.63) is 71.3 Å². The molecule has 1 aliphatic heterocycles. The summed E-state index contributed by atoms with van der Waals surface area (Å²) < 4.78 is 7.11. The van der Waals surface area contributed by atoms with Gasteiger partial charge in [0, 0.05) is 18.0 Å². The van der Waals surface area contributed by atoms with Gasteiger partial charge >= 0.3 is 0 Å². The van der Waals surface area contributed by atoms with E-state index in [4.69, 9.17) is 4.74 Å². The Bertz CT molecular complexity index is 1350. The normalized spacial score (nSPS) is 13.4. The molecule has 0 saturated carbocycles. The van der Waals surface area contributed by atoms with E-state index in [0.29, 0.717) is 10.2 Å². The fourth-order valence-corrected chi connectivity index (χ4v) is 5.18. The minimum absolute atomic E-state index is 0.0914. The highest BCUT2D eigenvalue weighted by Gasteiger charge is 2.17. The second-order valence-electron chi connectivity index (χ2n) is 7.99. The number of anilines is 2. The molecule has 0 unspecified atom stereocenters. The Morgan fingerprint density at radius 2 is 1.88 bits per heavy atom. The number of amides is 1. The summed E-state index contributed by atoms with van der Waals surface area (Å²) in [6.07, 6.45) is 3.76. The Morgan fingerprint density at radius 3 is 2.64 bits per heavy atom. The van der Waals surface area contributed by atoms with E-state index in [9.17, 15) is 9.59 Å². The highest BCUT2D eigenvalue weighted by molar-refractivity contribution is 7.22. The van der Waals surface area contributed by atoms with Gasteiger partial charge in [-0.25, -0.2) is 4.98 Å². The highest BCUT2D eigenvalue weighted by Crippen LogP contribution is 2.32. The van der Waals surface area contributed by atoms with Gasteiger partial charge in [-0.3, -0.25) is 14.2 Å². The first-order chi connectivity index (χ1) is 16.1. The maximum atomic E-state index is 13.1. The molecular formula is C25H24N4O3S. The molecule has 0 bridgehead atoms. The number of methoxy groups -OCH3 is 1. The lowest BCUT2D eigenvalue weighted by Crippen LogP contribution is -2.28. The van der Waals surface area contributed by atoms with E-state index in [1.807, 2.05) is 54.6 Å². The van der Waals surface area contributed by atoms with E-state index in [2.05, 4.69) is 15.2 Å². The molecule has 2 aromatic carbocycles. The average molecular weight is 461 g/mol. The van der Waals surface area contributed by atoms with Crippen molar-refractivity contribution in [2.24, 2.45) is 0 Å². The van der Waals surface area contributed by atoms with Gasteiger partial charge in [0.15, 0.2) is 0 Å². The smallest absolute Gasteiger partial charge is 0.271 e. The Labute approximate surface area is 195 Å². The van der Waals surface area contributed by atoms with Crippen molar-refractivity contribution in [2.45, 2.75) is 19.4 Å². The van der Waals surface area contributed by atoms with Crippen molar-refractivity contribution >= 4 is 38.8 Å². The van der Waals surface area contributed by atoms with E-state index >= 15 is 0 Å². The molecule has 33 heavy (non-hydrogen) atoms. The third kappa shape index (κ3) is 4.34. The van der Waals surface area contributed by atoms with Crippen LogP contribution < -0.4 is 20.5 Å². The Kier molecular flexibility index (Phi) is 5.83. The van der Waals surface area contributed by atoms with Gasteiger partial charge in [0.1, 0.15) is 17.0 Å². The number of carbonyl (C=O) groups excluding carboxylic acids is 1. The fourth-order valence-electron chi connectivity index (χ4n) is 4.11. The largest absolute Gasteiger partial charge is 0.497 e. The van der Waals surface area contributed by atoms with E-state index in [1.54, 1.807) is 7.11 Å². The molecule has 3 heterocycles. The van der Waals surface area contributed by atoms with Crippen LogP contribution in [-0.2, 0) is 11.3 Å². The van der Waals surface area contributed by atoms with Crippen LogP contribution in [0.2, 0.25) is 0 Å². The molecule has 0 atom stereocenters. The van der Waals surface area contributed by atoms with Gasteiger partial charge in [0.05, 0.1) is 30.3 Å². The number of rotatable bonds is 6. The number of nitrogens with one attached hydrogen (secondary N) is 1. The third-order valence-electron chi connectivity index (χ3n) is 5.82. The topological polar surface area (TPSA) is 76.5 Å². The summed E-state index contributed by atoms with van der Waals surface area (Å²) in [5.74, 6) is 0.523. The molecule has 7 nitrogen and oxygen atoms in total. The zero-order valence-corrected chi connectivity index (χ0v) is 19.1. The van der Waals surface area contributed by atoms with Gasteiger partial charge in [-0.05, 0) is 60.9 Å². The second-order valence-corrected chi connectivity index (χ2v) is 9.04. The van der Waals surface area contributed by atoms with Gasteiger partial charge in [0.25, 0.3) is 5.56 Å². The van der Waals surface area contributed by atoms with Gasteiger partial charge < -0.3 is 15.0 Å². The number of fused-ring (bicyclic) bond motifs is 1. The molecule has 1 aliphatic rings. The van der Waals surface area contributed by atoms with Crippen LogP contribution in [0, 0.1) is 0 Å². The van der Waals surface area contributed by atoms with Crippen LogP contribution in [0.15, 0.2) is 65.7 Å². The predicted octanol–water partition coefficient (Wildman–Crippen LogP) is 4.37. The van der Waals surface area contributed by atoms with E-state index < -0.39 is 0 Å². The molecule has 168 valence electrons. The first kappa shape index (κ1) is 21.2. The minimum atomic E-state index is -0.253. The average Bonchev–Trinajstić information content (AvgIpc) is 3.52. The summed E-state index contributed by atoms with van der Waals surface area (Å²) in [6.45, 7) is 1.88. The first-order valence-electron chi connectivity index (χ1n) is 10.9. The zero-order chi connectivity index (χ0) is 22.8. The van der Waals surface area contributed by atoms with Gasteiger partial charge in [-0.1, -0.05) is 12.1 Å². The van der Waals surface area contributed by atoms with Crippen molar-refractivity contribution in [3.63, 3.8) is 0 Å². The molecule has 1 amide bonds. The lowest BCUT2D eigenvalue weighted by Gasteiger charge is -2.21. The molecule has 0 aliphatic carbocycles. The van der Waals surface area contributed by atoms with Gasteiger partial charge in [-0.15, -0.1) is 11.3 Å². The Morgan fingerprint density at radius 1 is 1.12 bits per heavy atom. The predicted molar refractivity (Wildman–Crippen MR) is 132 cm³/mol. The van der Waals surface area contributed by atoms with Crippen LogP contribution >= 0.6 is 11.3 Å². The second kappa shape index (κ2) is 9.07. The summed E-state index contributed by atoms with van der Waals surface area (Å²) >= 11 is 1.38. The van der Waals surface area contributed by atoms with E-state index in [0.717, 1.165) is 53.5 Å². The molecular weight excluding hydrogens is 436 g/mol. The summed E-state index contributed by atoms with van der Waals surface area (Å²) in [5, 5.41) is 2.98. The molecule has 1 N–H and O–H groups in total. The number of hydrogen-bond donors (Lipinski definition) is 1.